The zero-order valence-corrected chi connectivity index (χ0v) is 13.1. The van der Waals surface area contributed by atoms with Crippen LogP contribution in [0, 0.1) is 0 Å². The number of hydrogen-bond acceptors (Lipinski definition) is 4. The lowest BCUT2D eigenvalue weighted by molar-refractivity contribution is -0.118. The quantitative estimate of drug-likeness (QED) is 0.494. The van der Waals surface area contributed by atoms with Gasteiger partial charge in [-0.15, -0.1) is 0 Å². The third-order valence-electron chi connectivity index (χ3n) is 2.74. The van der Waals surface area contributed by atoms with Gasteiger partial charge in [0.1, 0.15) is 0 Å². The molecule has 8 nitrogen and oxygen atoms in total. The number of sulfonamides is 1. The molecule has 1 aromatic rings. The van der Waals surface area contributed by atoms with E-state index < -0.39 is 10.0 Å². The Labute approximate surface area is 129 Å². The summed E-state index contributed by atoms with van der Waals surface area (Å²) in [6.45, 7) is 2.52. The molecule has 0 saturated heterocycles. The molecule has 0 unspecified atom stereocenters. The first kappa shape index (κ1) is 17.9. The van der Waals surface area contributed by atoms with Crippen molar-refractivity contribution in [2.45, 2.75) is 18.2 Å². The molecule has 9 heteroatoms. The maximum atomic E-state index is 11.4. The molecule has 0 atom stereocenters. The molecule has 0 aliphatic carbocycles. The average molecular weight is 328 g/mol. The van der Waals surface area contributed by atoms with E-state index in [0.717, 1.165) is 5.56 Å². The van der Waals surface area contributed by atoms with Gasteiger partial charge in [-0.2, -0.15) is 0 Å². The maximum absolute atomic E-state index is 11.4. The van der Waals surface area contributed by atoms with Crippen molar-refractivity contribution in [3.8, 4) is 0 Å². The second kappa shape index (κ2) is 8.35. The van der Waals surface area contributed by atoms with Crippen molar-refractivity contribution >= 4 is 22.0 Å². The topological polar surface area (TPSA) is 130 Å². The Morgan fingerprint density at radius 2 is 1.55 bits per heavy atom. The second-order valence-corrected chi connectivity index (χ2v) is 6.17. The Bertz CT molecular complexity index is 613. The number of carbonyl (C=O) groups excluding carboxylic acids is 2. The van der Waals surface area contributed by atoms with E-state index in [9.17, 15) is 18.0 Å². The summed E-state index contributed by atoms with van der Waals surface area (Å²) in [4.78, 5) is 22.1. The van der Waals surface area contributed by atoms with Crippen LogP contribution in [0.2, 0.25) is 0 Å². The summed E-state index contributed by atoms with van der Waals surface area (Å²) in [5, 5.41) is 12.8. The molecule has 0 aliphatic rings. The molecule has 0 heterocycles. The number of hydrogen-bond donors (Lipinski definition) is 4. The molecule has 0 saturated carbocycles. The van der Waals surface area contributed by atoms with Crippen molar-refractivity contribution in [3.05, 3.63) is 29.8 Å². The maximum Gasteiger partial charge on any atom is 0.314 e. The predicted octanol–water partition coefficient (Wildman–Crippen LogP) is -0.688. The molecule has 3 amide bonds. The van der Waals surface area contributed by atoms with E-state index in [1.807, 2.05) is 0 Å². The lowest BCUT2D eigenvalue weighted by Gasteiger charge is -2.08. The predicted molar refractivity (Wildman–Crippen MR) is 81.6 cm³/mol. The van der Waals surface area contributed by atoms with Crippen LogP contribution in [0.4, 0.5) is 4.79 Å². The molecule has 1 aromatic carbocycles. The van der Waals surface area contributed by atoms with Gasteiger partial charge in [0.15, 0.2) is 0 Å². The van der Waals surface area contributed by atoms with Gasteiger partial charge in [0.2, 0.25) is 15.9 Å². The minimum Gasteiger partial charge on any atom is -0.355 e. The number of nitrogens with one attached hydrogen (secondary N) is 3. The zero-order valence-electron chi connectivity index (χ0n) is 12.3. The van der Waals surface area contributed by atoms with Gasteiger partial charge < -0.3 is 16.0 Å². The van der Waals surface area contributed by atoms with Crippen LogP contribution >= 0.6 is 0 Å². The van der Waals surface area contributed by atoms with Gasteiger partial charge in [-0.25, -0.2) is 18.4 Å². The molecule has 1 rings (SSSR count). The molecule has 22 heavy (non-hydrogen) atoms. The number of primary sulfonamides is 1. The Kier molecular flexibility index (Phi) is 6.80. The molecule has 0 radical (unpaired) electrons. The van der Waals surface area contributed by atoms with Gasteiger partial charge in [0.05, 0.1) is 4.90 Å². The molecule has 0 spiro atoms. The van der Waals surface area contributed by atoms with E-state index in [2.05, 4.69) is 16.0 Å². The van der Waals surface area contributed by atoms with E-state index in [0.29, 0.717) is 26.1 Å². The minimum atomic E-state index is -3.68. The summed E-state index contributed by atoms with van der Waals surface area (Å²) in [6, 6.07) is 5.83. The SMILES string of the molecule is CC(=O)NCCNC(=O)NCCc1ccc(S(N)(=O)=O)cc1. The summed E-state index contributed by atoms with van der Waals surface area (Å²) in [5.41, 5.74) is 0.881. The molecule has 122 valence electrons. The van der Waals surface area contributed by atoms with E-state index in [1.165, 1.54) is 19.1 Å². The average Bonchev–Trinajstić information content (AvgIpc) is 2.43. The van der Waals surface area contributed by atoms with Crippen LogP contribution in [0.15, 0.2) is 29.2 Å². The lowest BCUT2D eigenvalue weighted by atomic mass is 10.1. The fourth-order valence-electron chi connectivity index (χ4n) is 1.64. The number of nitrogens with two attached hydrogens (primary N) is 1. The molecule has 0 aromatic heterocycles. The van der Waals surface area contributed by atoms with E-state index in [-0.39, 0.29) is 16.8 Å². The number of benzene rings is 1. The fraction of sp³-hybridized carbons (Fsp3) is 0.385. The first-order chi connectivity index (χ1) is 10.3. The van der Waals surface area contributed by atoms with Crippen LogP contribution in [-0.4, -0.2) is 40.0 Å². The first-order valence-corrected chi connectivity index (χ1v) is 8.21. The van der Waals surface area contributed by atoms with Crippen molar-refractivity contribution in [1.29, 1.82) is 0 Å². The van der Waals surface area contributed by atoms with Gasteiger partial charge in [-0.1, -0.05) is 12.1 Å². The smallest absolute Gasteiger partial charge is 0.314 e. The van der Waals surface area contributed by atoms with Gasteiger partial charge >= 0.3 is 6.03 Å². The van der Waals surface area contributed by atoms with Crippen LogP contribution in [0.1, 0.15) is 12.5 Å². The van der Waals surface area contributed by atoms with E-state index >= 15 is 0 Å². The highest BCUT2D eigenvalue weighted by atomic mass is 32.2. The minimum absolute atomic E-state index is 0.0555. The third kappa shape index (κ3) is 7.04. The van der Waals surface area contributed by atoms with E-state index in [4.69, 9.17) is 5.14 Å². The van der Waals surface area contributed by atoms with Crippen molar-refractivity contribution in [2.75, 3.05) is 19.6 Å². The summed E-state index contributed by atoms with van der Waals surface area (Å²) in [7, 11) is -3.68. The standard InChI is InChI=1S/C13H20N4O4S/c1-10(18)15-8-9-17-13(19)16-7-6-11-2-4-12(5-3-11)22(14,20)21/h2-5H,6-9H2,1H3,(H,15,18)(H2,14,20,21)(H2,16,17,19). The number of amides is 3. The largest absolute Gasteiger partial charge is 0.355 e. The van der Waals surface area contributed by atoms with Crippen molar-refractivity contribution in [1.82, 2.24) is 16.0 Å². The van der Waals surface area contributed by atoms with Crippen LogP contribution in [-0.2, 0) is 21.2 Å². The van der Waals surface area contributed by atoms with Crippen LogP contribution in [0.3, 0.4) is 0 Å². The van der Waals surface area contributed by atoms with Gasteiger partial charge in [0, 0.05) is 26.6 Å². The van der Waals surface area contributed by atoms with Crippen LogP contribution < -0.4 is 21.1 Å². The highest BCUT2D eigenvalue weighted by molar-refractivity contribution is 7.89. The number of rotatable bonds is 7. The van der Waals surface area contributed by atoms with E-state index in [1.54, 1.807) is 12.1 Å². The van der Waals surface area contributed by atoms with Gasteiger partial charge in [0.25, 0.3) is 0 Å². The molecule has 5 N–H and O–H groups in total. The highest BCUT2D eigenvalue weighted by Crippen LogP contribution is 2.08. The first-order valence-electron chi connectivity index (χ1n) is 6.67. The molecule has 0 aliphatic heterocycles. The summed E-state index contributed by atoms with van der Waals surface area (Å²) < 4.78 is 22.2. The molecular formula is C13H20N4O4S. The summed E-state index contributed by atoms with van der Waals surface area (Å²) in [6.07, 6.45) is 0.560. The second-order valence-electron chi connectivity index (χ2n) is 4.60. The Hall–Kier alpha value is -2.13. The molecule has 0 bridgehead atoms. The summed E-state index contributed by atoms with van der Waals surface area (Å²) >= 11 is 0. The highest BCUT2D eigenvalue weighted by Gasteiger charge is 2.06. The van der Waals surface area contributed by atoms with Gasteiger partial charge in [-0.3, -0.25) is 4.79 Å². The number of carbonyl (C=O) groups is 2. The summed E-state index contributed by atoms with van der Waals surface area (Å²) in [5.74, 6) is -0.148. The zero-order chi connectivity index (χ0) is 16.6. The Morgan fingerprint density at radius 3 is 2.09 bits per heavy atom. The lowest BCUT2D eigenvalue weighted by Crippen LogP contribution is -2.40. The molecule has 0 fully saturated rings. The van der Waals surface area contributed by atoms with Crippen molar-refractivity contribution in [3.63, 3.8) is 0 Å². The Balaban J connectivity index is 2.26. The third-order valence-corrected chi connectivity index (χ3v) is 3.66. The monoisotopic (exact) mass is 328 g/mol. The van der Waals surface area contributed by atoms with Crippen LogP contribution in [0.25, 0.3) is 0 Å². The number of urea groups is 1. The van der Waals surface area contributed by atoms with Gasteiger partial charge in [-0.05, 0) is 24.1 Å². The van der Waals surface area contributed by atoms with Crippen molar-refractivity contribution in [2.24, 2.45) is 5.14 Å². The van der Waals surface area contributed by atoms with Crippen molar-refractivity contribution < 1.29 is 18.0 Å². The molecular weight excluding hydrogens is 308 g/mol. The Morgan fingerprint density at radius 1 is 1.00 bits per heavy atom. The van der Waals surface area contributed by atoms with Crippen LogP contribution in [0.5, 0.6) is 0 Å². The normalized spacial score (nSPS) is 10.8. The fourth-order valence-corrected chi connectivity index (χ4v) is 2.16.